The second-order valence-corrected chi connectivity index (χ2v) is 5.62. The molecule has 0 aliphatic heterocycles. The first-order valence-electron chi connectivity index (χ1n) is 7.60. The summed E-state index contributed by atoms with van der Waals surface area (Å²) in [5, 5.41) is 3.41. The predicted molar refractivity (Wildman–Crippen MR) is 89.4 cm³/mol. The number of pyridine rings is 1. The second-order valence-electron chi connectivity index (χ2n) is 5.62. The molecule has 0 aliphatic rings. The van der Waals surface area contributed by atoms with Crippen molar-refractivity contribution in [2.75, 3.05) is 18.9 Å². The van der Waals surface area contributed by atoms with Crippen molar-refractivity contribution >= 4 is 5.69 Å². The molecule has 2 rings (SSSR count). The van der Waals surface area contributed by atoms with Crippen LogP contribution in [0.2, 0.25) is 0 Å². The van der Waals surface area contributed by atoms with E-state index >= 15 is 0 Å². The average Bonchev–Trinajstić information content (AvgIpc) is 2.45. The molecule has 0 unspecified atom stereocenters. The third-order valence-electron chi connectivity index (χ3n) is 3.36. The summed E-state index contributed by atoms with van der Waals surface area (Å²) in [4.78, 5) is 6.76. The van der Waals surface area contributed by atoms with Crippen molar-refractivity contribution in [2.45, 2.75) is 33.4 Å². The lowest BCUT2D eigenvalue weighted by molar-refractivity contribution is 0.315. The number of nitrogens with zero attached hydrogens (tertiary/aromatic N) is 2. The molecule has 0 atom stereocenters. The van der Waals surface area contributed by atoms with Gasteiger partial charge in [0.1, 0.15) is 0 Å². The van der Waals surface area contributed by atoms with E-state index in [0.717, 1.165) is 37.4 Å². The average molecular weight is 283 g/mol. The van der Waals surface area contributed by atoms with Gasteiger partial charge in [0, 0.05) is 31.5 Å². The Bertz CT molecular complexity index is 566. The van der Waals surface area contributed by atoms with Gasteiger partial charge in [-0.2, -0.15) is 0 Å². The van der Waals surface area contributed by atoms with Gasteiger partial charge in [-0.3, -0.25) is 9.88 Å². The number of benzene rings is 1. The number of aromatic nitrogens is 1. The molecular formula is C18H25N3. The maximum atomic E-state index is 4.46. The van der Waals surface area contributed by atoms with Crippen LogP contribution in [-0.2, 0) is 13.1 Å². The van der Waals surface area contributed by atoms with Crippen LogP contribution in [0, 0.1) is 6.92 Å². The van der Waals surface area contributed by atoms with Gasteiger partial charge < -0.3 is 5.32 Å². The lowest BCUT2D eigenvalue weighted by atomic mass is 10.1. The first-order valence-corrected chi connectivity index (χ1v) is 7.60. The van der Waals surface area contributed by atoms with E-state index in [-0.39, 0.29) is 0 Å². The molecule has 0 saturated carbocycles. The first kappa shape index (κ1) is 15.5. The van der Waals surface area contributed by atoms with Crippen molar-refractivity contribution in [2.24, 2.45) is 0 Å². The van der Waals surface area contributed by atoms with Crippen LogP contribution in [0.4, 0.5) is 5.69 Å². The fourth-order valence-electron chi connectivity index (χ4n) is 2.40. The van der Waals surface area contributed by atoms with E-state index in [0.29, 0.717) is 0 Å². The summed E-state index contributed by atoms with van der Waals surface area (Å²) in [7, 11) is 2.14. The highest BCUT2D eigenvalue weighted by Crippen LogP contribution is 2.12. The van der Waals surface area contributed by atoms with Crippen LogP contribution < -0.4 is 5.32 Å². The van der Waals surface area contributed by atoms with Gasteiger partial charge in [0.25, 0.3) is 0 Å². The summed E-state index contributed by atoms with van der Waals surface area (Å²) in [6.45, 7) is 7.10. The molecule has 3 heteroatoms. The highest BCUT2D eigenvalue weighted by Gasteiger charge is 2.04. The molecule has 0 saturated heterocycles. The van der Waals surface area contributed by atoms with Gasteiger partial charge in [0.05, 0.1) is 5.69 Å². The maximum Gasteiger partial charge on any atom is 0.0564 e. The van der Waals surface area contributed by atoms with Gasteiger partial charge >= 0.3 is 0 Å². The van der Waals surface area contributed by atoms with Crippen molar-refractivity contribution in [3.8, 4) is 0 Å². The largest absolute Gasteiger partial charge is 0.385 e. The summed E-state index contributed by atoms with van der Waals surface area (Å²) in [5.41, 5.74) is 4.92. The zero-order valence-electron chi connectivity index (χ0n) is 13.3. The number of rotatable bonds is 7. The van der Waals surface area contributed by atoms with E-state index in [1.807, 2.05) is 12.3 Å². The van der Waals surface area contributed by atoms with E-state index in [2.05, 4.69) is 66.4 Å². The van der Waals surface area contributed by atoms with Crippen LogP contribution in [0.1, 0.15) is 30.2 Å². The molecule has 1 aromatic carbocycles. The van der Waals surface area contributed by atoms with Gasteiger partial charge in [0.15, 0.2) is 0 Å². The Morgan fingerprint density at radius 2 is 2.00 bits per heavy atom. The zero-order chi connectivity index (χ0) is 15.1. The lowest BCUT2D eigenvalue weighted by Crippen LogP contribution is -2.18. The first-order chi connectivity index (χ1) is 10.2. The number of hydrogen-bond donors (Lipinski definition) is 1. The van der Waals surface area contributed by atoms with Gasteiger partial charge in [-0.15, -0.1) is 0 Å². The Kier molecular flexibility index (Phi) is 5.76. The van der Waals surface area contributed by atoms with Crippen LogP contribution in [0.15, 0.2) is 42.6 Å². The number of nitrogens with one attached hydrogen (secondary N) is 1. The van der Waals surface area contributed by atoms with E-state index in [1.165, 1.54) is 11.1 Å². The predicted octanol–water partition coefficient (Wildman–Crippen LogP) is 3.84. The number of anilines is 1. The molecule has 0 aliphatic carbocycles. The fraction of sp³-hybridized carbons (Fsp3) is 0.389. The van der Waals surface area contributed by atoms with E-state index in [4.69, 9.17) is 0 Å². The minimum atomic E-state index is 0.857. The summed E-state index contributed by atoms with van der Waals surface area (Å²) < 4.78 is 0. The Morgan fingerprint density at radius 1 is 1.14 bits per heavy atom. The highest BCUT2D eigenvalue weighted by atomic mass is 15.1. The molecule has 21 heavy (non-hydrogen) atoms. The van der Waals surface area contributed by atoms with Crippen LogP contribution >= 0.6 is 0 Å². The topological polar surface area (TPSA) is 28.2 Å². The Labute approximate surface area is 128 Å². The molecule has 3 nitrogen and oxygen atoms in total. The number of hydrogen-bond acceptors (Lipinski definition) is 3. The maximum absolute atomic E-state index is 4.46. The zero-order valence-corrected chi connectivity index (χ0v) is 13.3. The monoisotopic (exact) mass is 283 g/mol. The highest BCUT2D eigenvalue weighted by molar-refractivity contribution is 5.43. The Morgan fingerprint density at radius 3 is 2.76 bits per heavy atom. The van der Waals surface area contributed by atoms with Crippen LogP contribution in [-0.4, -0.2) is 23.5 Å². The van der Waals surface area contributed by atoms with Crippen LogP contribution in [0.5, 0.6) is 0 Å². The van der Waals surface area contributed by atoms with Gasteiger partial charge in [0.2, 0.25) is 0 Å². The van der Waals surface area contributed by atoms with E-state index < -0.39 is 0 Å². The minimum Gasteiger partial charge on any atom is -0.385 e. The van der Waals surface area contributed by atoms with Gasteiger partial charge in [-0.25, -0.2) is 0 Å². The Hall–Kier alpha value is -1.87. The molecule has 0 amide bonds. The van der Waals surface area contributed by atoms with Gasteiger partial charge in [-0.05, 0) is 38.1 Å². The van der Waals surface area contributed by atoms with Gasteiger partial charge in [-0.1, -0.05) is 36.8 Å². The molecule has 1 N–H and O–H groups in total. The van der Waals surface area contributed by atoms with Crippen molar-refractivity contribution in [3.05, 3.63) is 59.4 Å². The normalized spacial score (nSPS) is 10.9. The summed E-state index contributed by atoms with van der Waals surface area (Å²) >= 11 is 0. The van der Waals surface area contributed by atoms with Crippen LogP contribution in [0.25, 0.3) is 0 Å². The van der Waals surface area contributed by atoms with Crippen LogP contribution in [0.3, 0.4) is 0 Å². The van der Waals surface area contributed by atoms with E-state index in [9.17, 15) is 0 Å². The second kappa shape index (κ2) is 7.79. The lowest BCUT2D eigenvalue weighted by Gasteiger charge is -2.17. The molecule has 0 bridgehead atoms. The smallest absolute Gasteiger partial charge is 0.0564 e. The standard InChI is InChI=1S/C18H25N3/c1-4-9-19-17-8-10-20-18(12-17)14-21(3)13-16-7-5-6-15(2)11-16/h5-8,10-12H,4,9,13-14H2,1-3H3,(H,19,20). The molecule has 2 aromatic rings. The van der Waals surface area contributed by atoms with E-state index in [1.54, 1.807) is 0 Å². The third kappa shape index (κ3) is 5.20. The van der Waals surface area contributed by atoms with Crippen molar-refractivity contribution in [3.63, 3.8) is 0 Å². The quantitative estimate of drug-likeness (QED) is 0.836. The Balaban J connectivity index is 1.94. The minimum absolute atomic E-state index is 0.857. The molecule has 0 fully saturated rings. The fourth-order valence-corrected chi connectivity index (χ4v) is 2.40. The molecular weight excluding hydrogens is 258 g/mol. The van der Waals surface area contributed by atoms with Crippen molar-refractivity contribution in [1.82, 2.24) is 9.88 Å². The molecule has 0 radical (unpaired) electrons. The third-order valence-corrected chi connectivity index (χ3v) is 3.36. The molecule has 0 spiro atoms. The van der Waals surface area contributed by atoms with Crippen molar-refractivity contribution in [1.29, 1.82) is 0 Å². The molecule has 1 heterocycles. The molecule has 1 aromatic heterocycles. The summed E-state index contributed by atoms with van der Waals surface area (Å²) in [6, 6.07) is 12.8. The number of aryl methyl sites for hydroxylation is 1. The molecule has 112 valence electrons. The summed E-state index contributed by atoms with van der Waals surface area (Å²) in [6.07, 6.45) is 3.01. The summed E-state index contributed by atoms with van der Waals surface area (Å²) in [5.74, 6) is 0. The SMILES string of the molecule is CCCNc1ccnc(CN(C)Cc2cccc(C)c2)c1. The van der Waals surface area contributed by atoms with Crippen molar-refractivity contribution < 1.29 is 0 Å².